The molecule has 1 fully saturated rings. The summed E-state index contributed by atoms with van der Waals surface area (Å²) in [6.07, 6.45) is 5.36. The molecule has 1 atom stereocenters. The number of rotatable bonds is 4. The minimum atomic E-state index is -3.00. The Morgan fingerprint density at radius 1 is 1.35 bits per heavy atom. The molecule has 17 heavy (non-hydrogen) atoms. The quantitative estimate of drug-likeness (QED) is 0.870. The van der Waals surface area contributed by atoms with Crippen LogP contribution in [0.4, 0.5) is 0 Å². The third-order valence-electron chi connectivity index (χ3n) is 3.02. The summed E-state index contributed by atoms with van der Waals surface area (Å²) in [5, 5.41) is 3.25. The summed E-state index contributed by atoms with van der Waals surface area (Å²) < 4.78 is 24.0. The summed E-state index contributed by atoms with van der Waals surface area (Å²) in [4.78, 5) is 3.89. The smallest absolute Gasteiger partial charge is 0.154 e. The Labute approximate surface area is 102 Å². The molecule has 0 saturated carbocycles. The average Bonchev–Trinajstić information content (AvgIpc) is 2.30. The highest BCUT2D eigenvalue weighted by Crippen LogP contribution is 2.15. The second kappa shape index (κ2) is 5.60. The number of nitrogens with zero attached hydrogens (tertiary/aromatic N) is 1. The van der Waals surface area contributed by atoms with Crippen LogP contribution in [0.15, 0.2) is 24.5 Å². The van der Waals surface area contributed by atoms with Crippen LogP contribution in [0.2, 0.25) is 0 Å². The van der Waals surface area contributed by atoms with Gasteiger partial charge in [-0.1, -0.05) is 0 Å². The summed E-state index contributed by atoms with van der Waals surface area (Å²) in [6, 6.07) is 3.52. The molecule has 5 heteroatoms. The molecule has 0 radical (unpaired) electrons. The fourth-order valence-corrected chi connectivity index (χ4v) is 4.04. The lowest BCUT2D eigenvalue weighted by Crippen LogP contribution is -2.34. The van der Waals surface area contributed by atoms with Crippen molar-refractivity contribution in [3.63, 3.8) is 0 Å². The van der Waals surface area contributed by atoms with Crippen molar-refractivity contribution in [2.45, 2.75) is 18.6 Å². The van der Waals surface area contributed by atoms with E-state index in [0.717, 1.165) is 31.5 Å². The van der Waals surface area contributed by atoms with Gasteiger partial charge in [0, 0.05) is 12.4 Å². The molecule has 0 aliphatic carbocycles. The fraction of sp³-hybridized carbons (Fsp3) is 0.583. The van der Waals surface area contributed by atoms with E-state index in [1.165, 1.54) is 0 Å². The Balaban J connectivity index is 1.94. The zero-order chi connectivity index (χ0) is 12.1. The Morgan fingerprint density at radius 3 is 2.76 bits per heavy atom. The largest absolute Gasteiger partial charge is 0.316 e. The molecule has 4 nitrogen and oxygen atoms in total. The van der Waals surface area contributed by atoms with E-state index in [1.807, 2.05) is 0 Å². The van der Waals surface area contributed by atoms with Crippen molar-refractivity contribution in [2.75, 3.05) is 18.8 Å². The van der Waals surface area contributed by atoms with Gasteiger partial charge in [0.15, 0.2) is 9.84 Å². The van der Waals surface area contributed by atoms with Crippen molar-refractivity contribution >= 4 is 9.84 Å². The Kier molecular flexibility index (Phi) is 4.12. The second-order valence-electron chi connectivity index (χ2n) is 4.62. The maximum absolute atomic E-state index is 12.0. The van der Waals surface area contributed by atoms with Gasteiger partial charge in [-0.05, 0) is 49.5 Å². The summed E-state index contributed by atoms with van der Waals surface area (Å²) in [6.45, 7) is 1.84. The van der Waals surface area contributed by atoms with Crippen molar-refractivity contribution in [1.82, 2.24) is 10.3 Å². The van der Waals surface area contributed by atoms with Crippen molar-refractivity contribution < 1.29 is 8.42 Å². The summed E-state index contributed by atoms with van der Waals surface area (Å²) >= 11 is 0. The predicted octanol–water partition coefficient (Wildman–Crippen LogP) is 0.996. The van der Waals surface area contributed by atoms with Crippen LogP contribution in [-0.2, 0) is 15.6 Å². The van der Waals surface area contributed by atoms with Crippen molar-refractivity contribution in [1.29, 1.82) is 0 Å². The van der Waals surface area contributed by atoms with E-state index in [1.54, 1.807) is 24.5 Å². The van der Waals surface area contributed by atoms with E-state index >= 15 is 0 Å². The van der Waals surface area contributed by atoms with Gasteiger partial charge < -0.3 is 5.32 Å². The van der Waals surface area contributed by atoms with Crippen LogP contribution in [0.25, 0.3) is 0 Å². The number of aromatic nitrogens is 1. The van der Waals surface area contributed by atoms with E-state index in [-0.39, 0.29) is 11.7 Å². The van der Waals surface area contributed by atoms with Gasteiger partial charge in [-0.3, -0.25) is 4.98 Å². The predicted molar refractivity (Wildman–Crippen MR) is 67.3 cm³/mol. The molecule has 2 heterocycles. The maximum Gasteiger partial charge on any atom is 0.154 e. The Hall–Kier alpha value is -0.940. The number of hydrogen-bond acceptors (Lipinski definition) is 4. The molecule has 1 saturated heterocycles. The van der Waals surface area contributed by atoms with E-state index < -0.39 is 9.84 Å². The molecule has 0 unspecified atom stereocenters. The SMILES string of the molecule is O=S(=O)(Cc1ccncc1)C[C@H]1CCCNC1. The minimum Gasteiger partial charge on any atom is -0.316 e. The number of hydrogen-bond donors (Lipinski definition) is 1. The summed E-state index contributed by atoms with van der Waals surface area (Å²) in [5.74, 6) is 0.699. The lowest BCUT2D eigenvalue weighted by atomic mass is 10.0. The number of pyridine rings is 1. The van der Waals surface area contributed by atoms with Crippen molar-refractivity contribution in [3.8, 4) is 0 Å². The zero-order valence-electron chi connectivity index (χ0n) is 9.80. The topological polar surface area (TPSA) is 59.1 Å². The van der Waals surface area contributed by atoms with Gasteiger partial charge in [0.1, 0.15) is 0 Å². The van der Waals surface area contributed by atoms with Gasteiger partial charge in [-0.2, -0.15) is 0 Å². The maximum atomic E-state index is 12.0. The van der Waals surface area contributed by atoms with Gasteiger partial charge in [-0.25, -0.2) is 8.42 Å². The highest BCUT2D eigenvalue weighted by molar-refractivity contribution is 7.90. The van der Waals surface area contributed by atoms with Crippen LogP contribution < -0.4 is 5.32 Å². The third-order valence-corrected chi connectivity index (χ3v) is 4.78. The van der Waals surface area contributed by atoms with Gasteiger partial charge >= 0.3 is 0 Å². The molecule has 1 aliphatic heterocycles. The first-order valence-electron chi connectivity index (χ1n) is 5.96. The zero-order valence-corrected chi connectivity index (χ0v) is 10.6. The van der Waals surface area contributed by atoms with Crippen LogP contribution in [0.1, 0.15) is 18.4 Å². The van der Waals surface area contributed by atoms with Crippen molar-refractivity contribution in [2.24, 2.45) is 5.92 Å². The summed E-state index contributed by atoms with van der Waals surface area (Å²) in [5.41, 5.74) is 0.823. The van der Waals surface area contributed by atoms with Gasteiger partial charge in [0.05, 0.1) is 11.5 Å². The Morgan fingerprint density at radius 2 is 2.12 bits per heavy atom. The molecule has 0 amide bonds. The monoisotopic (exact) mass is 254 g/mol. The van der Waals surface area contributed by atoms with Crippen LogP contribution in [0.5, 0.6) is 0 Å². The van der Waals surface area contributed by atoms with Gasteiger partial charge in [0.2, 0.25) is 0 Å². The Bertz CT molecular complexity index is 439. The molecule has 0 bridgehead atoms. The first-order valence-corrected chi connectivity index (χ1v) is 7.78. The third kappa shape index (κ3) is 4.09. The number of piperidine rings is 1. The molecule has 0 spiro atoms. The first kappa shape index (κ1) is 12.5. The van der Waals surface area contributed by atoms with Gasteiger partial charge in [0.25, 0.3) is 0 Å². The van der Waals surface area contributed by atoms with E-state index in [0.29, 0.717) is 5.75 Å². The lowest BCUT2D eigenvalue weighted by molar-refractivity contribution is 0.404. The molecule has 0 aromatic carbocycles. The van der Waals surface area contributed by atoms with E-state index in [2.05, 4.69) is 10.3 Å². The molecule has 1 N–H and O–H groups in total. The molecule has 2 rings (SSSR count). The molecule has 1 aliphatic rings. The lowest BCUT2D eigenvalue weighted by Gasteiger charge is -2.22. The van der Waals surface area contributed by atoms with Crippen LogP contribution in [-0.4, -0.2) is 32.2 Å². The van der Waals surface area contributed by atoms with E-state index in [9.17, 15) is 8.42 Å². The van der Waals surface area contributed by atoms with Gasteiger partial charge in [-0.15, -0.1) is 0 Å². The molecular weight excluding hydrogens is 236 g/mol. The molecule has 94 valence electrons. The molecular formula is C12H18N2O2S. The van der Waals surface area contributed by atoms with Crippen LogP contribution >= 0.6 is 0 Å². The number of nitrogens with one attached hydrogen (secondary N) is 1. The van der Waals surface area contributed by atoms with Crippen LogP contribution in [0, 0.1) is 5.92 Å². The van der Waals surface area contributed by atoms with Crippen LogP contribution in [0.3, 0.4) is 0 Å². The summed E-state index contributed by atoms with van der Waals surface area (Å²) in [7, 11) is -3.00. The van der Waals surface area contributed by atoms with E-state index in [4.69, 9.17) is 0 Å². The van der Waals surface area contributed by atoms with Crippen molar-refractivity contribution in [3.05, 3.63) is 30.1 Å². The first-order chi connectivity index (χ1) is 8.16. The number of sulfone groups is 1. The average molecular weight is 254 g/mol. The molecule has 1 aromatic rings. The highest BCUT2D eigenvalue weighted by atomic mass is 32.2. The fourth-order valence-electron chi connectivity index (χ4n) is 2.22. The molecule has 1 aromatic heterocycles. The minimum absolute atomic E-state index is 0.131. The normalized spacial score (nSPS) is 21.3. The second-order valence-corrected chi connectivity index (χ2v) is 6.73. The standard InChI is InChI=1S/C12H18N2O2S/c15-17(16,9-11-3-6-13-7-4-11)10-12-2-1-5-14-8-12/h3-4,6-7,12,14H,1-2,5,8-10H2/t12-/m0/s1. The highest BCUT2D eigenvalue weighted by Gasteiger charge is 2.21.